The van der Waals surface area contributed by atoms with Gasteiger partial charge in [-0.1, -0.05) is 42.5 Å². The second-order valence-corrected chi connectivity index (χ2v) is 5.68. The van der Waals surface area contributed by atoms with Crippen LogP contribution in [0.4, 0.5) is 0 Å². The van der Waals surface area contributed by atoms with Gasteiger partial charge >= 0.3 is 5.69 Å². The predicted octanol–water partition coefficient (Wildman–Crippen LogP) is 3.29. The number of carbonyl (C=O) groups is 1. The zero-order chi connectivity index (χ0) is 15.6. The van der Waals surface area contributed by atoms with Crippen molar-refractivity contribution in [2.45, 2.75) is 0 Å². The molecule has 0 bridgehead atoms. The molecule has 3 aromatic carbocycles. The Morgan fingerprint density at radius 2 is 1.70 bits per heavy atom. The van der Waals surface area contributed by atoms with E-state index in [1.165, 1.54) is 6.20 Å². The van der Waals surface area contributed by atoms with Crippen LogP contribution in [0.3, 0.4) is 0 Å². The van der Waals surface area contributed by atoms with Crippen molar-refractivity contribution in [1.82, 2.24) is 9.97 Å². The molecule has 4 nitrogen and oxygen atoms in total. The number of aromatic amines is 1. The summed E-state index contributed by atoms with van der Waals surface area (Å²) < 4.78 is 0. The molecule has 4 aromatic rings. The van der Waals surface area contributed by atoms with Gasteiger partial charge in [-0.15, -0.1) is 0 Å². The molecular weight excluding hydrogens is 288 g/mol. The van der Waals surface area contributed by atoms with Gasteiger partial charge in [0, 0.05) is 22.7 Å². The van der Waals surface area contributed by atoms with Gasteiger partial charge in [-0.2, -0.15) is 0 Å². The zero-order valence-electron chi connectivity index (χ0n) is 12.0. The van der Waals surface area contributed by atoms with Crippen molar-refractivity contribution < 1.29 is 4.79 Å². The highest BCUT2D eigenvalue weighted by Crippen LogP contribution is 2.42. The molecule has 1 N–H and O–H groups in total. The van der Waals surface area contributed by atoms with Crippen molar-refractivity contribution in [3.05, 3.63) is 76.3 Å². The third-order valence-electron chi connectivity index (χ3n) is 4.44. The van der Waals surface area contributed by atoms with E-state index in [0.29, 0.717) is 16.8 Å². The van der Waals surface area contributed by atoms with Crippen LogP contribution in [0.2, 0.25) is 0 Å². The number of H-pyrrole nitrogens is 1. The Balaban J connectivity index is 2.15. The fourth-order valence-corrected chi connectivity index (χ4v) is 3.48. The van der Waals surface area contributed by atoms with E-state index in [9.17, 15) is 9.59 Å². The number of rotatable bonds is 0. The molecule has 0 atom stereocenters. The van der Waals surface area contributed by atoms with E-state index < -0.39 is 5.69 Å². The summed E-state index contributed by atoms with van der Waals surface area (Å²) in [5, 5.41) is 3.98. The van der Waals surface area contributed by atoms with Crippen LogP contribution in [0, 0.1) is 0 Å². The number of aromatic nitrogens is 2. The highest BCUT2D eigenvalue weighted by molar-refractivity contribution is 6.29. The number of benzene rings is 3. The number of hydrogen-bond acceptors (Lipinski definition) is 3. The summed E-state index contributed by atoms with van der Waals surface area (Å²) in [7, 11) is 0. The molecule has 23 heavy (non-hydrogen) atoms. The van der Waals surface area contributed by atoms with Gasteiger partial charge in [0.25, 0.3) is 0 Å². The number of hydrogen-bond donors (Lipinski definition) is 1. The Morgan fingerprint density at radius 1 is 0.870 bits per heavy atom. The van der Waals surface area contributed by atoms with E-state index in [-0.39, 0.29) is 5.78 Å². The minimum atomic E-state index is -0.447. The Labute approximate surface area is 130 Å². The Kier molecular flexibility index (Phi) is 2.21. The average Bonchev–Trinajstić information content (AvgIpc) is 2.58. The van der Waals surface area contributed by atoms with Crippen LogP contribution in [0.25, 0.3) is 32.8 Å². The van der Waals surface area contributed by atoms with Crippen LogP contribution in [0.1, 0.15) is 15.9 Å². The quantitative estimate of drug-likeness (QED) is 0.446. The third kappa shape index (κ3) is 1.52. The van der Waals surface area contributed by atoms with Gasteiger partial charge in [-0.25, -0.2) is 9.78 Å². The Hall–Kier alpha value is -3.27. The topological polar surface area (TPSA) is 62.8 Å². The number of fused-ring (bicyclic) bond motifs is 4. The van der Waals surface area contributed by atoms with Crippen molar-refractivity contribution in [2.24, 2.45) is 0 Å². The highest BCUT2D eigenvalue weighted by Gasteiger charge is 2.27. The SMILES string of the molecule is O=C1c2cnc(=O)[nH]c2-c2c3ccccc3cc3cccc1c23. The summed E-state index contributed by atoms with van der Waals surface area (Å²) in [6.45, 7) is 0. The molecular formula is C19H10N2O2. The lowest BCUT2D eigenvalue weighted by Crippen LogP contribution is -2.19. The first-order valence-electron chi connectivity index (χ1n) is 7.33. The predicted molar refractivity (Wildman–Crippen MR) is 88.7 cm³/mol. The van der Waals surface area contributed by atoms with Crippen molar-refractivity contribution in [2.75, 3.05) is 0 Å². The summed E-state index contributed by atoms with van der Waals surface area (Å²) in [5.41, 5.74) is 2.13. The zero-order valence-corrected chi connectivity index (χ0v) is 12.0. The molecule has 1 aliphatic carbocycles. The second-order valence-electron chi connectivity index (χ2n) is 5.68. The molecule has 0 spiro atoms. The molecule has 0 unspecified atom stereocenters. The van der Waals surface area contributed by atoms with Crippen LogP contribution < -0.4 is 5.69 Å². The van der Waals surface area contributed by atoms with Crippen LogP contribution >= 0.6 is 0 Å². The fourth-order valence-electron chi connectivity index (χ4n) is 3.48. The minimum absolute atomic E-state index is 0.0999. The molecule has 5 rings (SSSR count). The molecule has 0 aliphatic heterocycles. The van der Waals surface area contributed by atoms with Crippen LogP contribution in [0.5, 0.6) is 0 Å². The van der Waals surface area contributed by atoms with E-state index in [4.69, 9.17) is 0 Å². The summed E-state index contributed by atoms with van der Waals surface area (Å²) in [5.74, 6) is -0.0999. The monoisotopic (exact) mass is 298 g/mol. The largest absolute Gasteiger partial charge is 0.345 e. The van der Waals surface area contributed by atoms with Crippen molar-refractivity contribution in [3.8, 4) is 11.3 Å². The lowest BCUT2D eigenvalue weighted by atomic mass is 9.83. The maximum absolute atomic E-state index is 12.8. The van der Waals surface area contributed by atoms with Crippen LogP contribution in [-0.2, 0) is 0 Å². The van der Waals surface area contributed by atoms with Crippen LogP contribution in [0.15, 0.2) is 59.5 Å². The van der Waals surface area contributed by atoms with Gasteiger partial charge in [0.1, 0.15) is 0 Å². The van der Waals surface area contributed by atoms with E-state index in [2.05, 4.69) is 16.0 Å². The summed E-state index contributed by atoms with van der Waals surface area (Å²) >= 11 is 0. The number of nitrogens with zero attached hydrogens (tertiary/aromatic N) is 1. The molecule has 4 heteroatoms. The molecule has 1 aromatic heterocycles. The maximum atomic E-state index is 12.8. The van der Waals surface area contributed by atoms with Crippen LogP contribution in [-0.4, -0.2) is 15.8 Å². The molecule has 1 aliphatic rings. The Morgan fingerprint density at radius 3 is 2.61 bits per heavy atom. The van der Waals surface area contributed by atoms with E-state index in [0.717, 1.165) is 27.1 Å². The molecule has 0 saturated heterocycles. The smallest absolute Gasteiger partial charge is 0.305 e. The fraction of sp³-hybridized carbons (Fsp3) is 0. The van der Waals surface area contributed by atoms with E-state index in [1.807, 2.05) is 42.5 Å². The molecule has 1 heterocycles. The number of carbonyl (C=O) groups excluding carboxylic acids is 1. The lowest BCUT2D eigenvalue weighted by Gasteiger charge is -2.20. The Bertz CT molecular complexity index is 1210. The van der Waals surface area contributed by atoms with Crippen molar-refractivity contribution >= 4 is 27.3 Å². The highest BCUT2D eigenvalue weighted by atomic mass is 16.1. The standard InChI is InChI=1S/C19H10N2O2/c22-18-13-7-3-5-11-8-10-4-1-2-6-12(10)16(15(11)13)17-14(18)9-20-19(23)21-17/h1-9H,(H,20,21,23). The van der Waals surface area contributed by atoms with Gasteiger partial charge in [0.2, 0.25) is 0 Å². The number of ketones is 1. The second kappa shape index (κ2) is 4.14. The lowest BCUT2D eigenvalue weighted by molar-refractivity contribution is 0.103. The van der Waals surface area contributed by atoms with Gasteiger partial charge < -0.3 is 4.98 Å². The van der Waals surface area contributed by atoms with E-state index in [1.54, 1.807) is 0 Å². The van der Waals surface area contributed by atoms with Gasteiger partial charge in [0.05, 0.1) is 11.3 Å². The maximum Gasteiger partial charge on any atom is 0.345 e. The average molecular weight is 298 g/mol. The molecule has 0 fully saturated rings. The number of nitrogens with one attached hydrogen (secondary N) is 1. The molecule has 0 amide bonds. The molecule has 0 saturated carbocycles. The summed E-state index contributed by atoms with van der Waals surface area (Å²) in [6, 6.07) is 15.8. The first-order valence-corrected chi connectivity index (χ1v) is 7.33. The normalized spacial score (nSPS) is 12.6. The van der Waals surface area contributed by atoms with Crippen molar-refractivity contribution in [3.63, 3.8) is 0 Å². The first kappa shape index (κ1) is 12.3. The van der Waals surface area contributed by atoms with E-state index >= 15 is 0 Å². The van der Waals surface area contributed by atoms with Crippen molar-refractivity contribution in [1.29, 1.82) is 0 Å². The molecule has 108 valence electrons. The van der Waals surface area contributed by atoms with Gasteiger partial charge in [0.15, 0.2) is 5.78 Å². The van der Waals surface area contributed by atoms with Gasteiger partial charge in [-0.3, -0.25) is 4.79 Å². The molecule has 0 radical (unpaired) electrons. The third-order valence-corrected chi connectivity index (χ3v) is 4.44. The summed E-state index contributed by atoms with van der Waals surface area (Å²) in [6.07, 6.45) is 1.38. The summed E-state index contributed by atoms with van der Waals surface area (Å²) in [4.78, 5) is 31.0. The first-order chi connectivity index (χ1) is 11.2. The van der Waals surface area contributed by atoms with Gasteiger partial charge in [-0.05, 0) is 22.2 Å². The minimum Gasteiger partial charge on any atom is -0.305 e.